The third-order valence-electron chi connectivity index (χ3n) is 3.08. The Labute approximate surface area is 104 Å². The van der Waals surface area contributed by atoms with Crippen LogP contribution >= 0.6 is 0 Å². The average Bonchev–Trinajstić information content (AvgIpc) is 2.86. The summed E-state index contributed by atoms with van der Waals surface area (Å²) in [5.74, 6) is 0.436. The molecule has 0 amide bonds. The van der Waals surface area contributed by atoms with E-state index in [1.807, 2.05) is 0 Å². The van der Waals surface area contributed by atoms with E-state index in [4.69, 9.17) is 0 Å². The normalized spacial score (nSPS) is 22.7. The van der Waals surface area contributed by atoms with E-state index in [1.54, 1.807) is 0 Å². The molecule has 1 aromatic heterocycles. The summed E-state index contributed by atoms with van der Waals surface area (Å²) in [6.45, 7) is -2.19. The van der Waals surface area contributed by atoms with Gasteiger partial charge in [-0.3, -0.25) is 4.57 Å². The lowest BCUT2D eigenvalue weighted by Crippen LogP contribution is -2.31. The van der Waals surface area contributed by atoms with Gasteiger partial charge in [-0.25, -0.2) is 13.4 Å². The molecule has 8 heteroatoms. The maximum atomic E-state index is 12.5. The number of imidazole rings is 1. The second-order valence-electron chi connectivity index (χ2n) is 4.29. The second kappa shape index (κ2) is 5.31. The minimum atomic E-state index is -2.99. The molecular weight excluding hydrogens is 264 g/mol. The van der Waals surface area contributed by atoms with E-state index >= 15 is 0 Å². The molecule has 1 aromatic rings. The first-order valence-electron chi connectivity index (χ1n) is 5.73. The summed E-state index contributed by atoms with van der Waals surface area (Å²) in [5, 5.41) is 2.49. The van der Waals surface area contributed by atoms with E-state index in [9.17, 15) is 17.2 Å². The van der Waals surface area contributed by atoms with Gasteiger partial charge in [0.25, 0.3) is 0 Å². The van der Waals surface area contributed by atoms with Gasteiger partial charge in [-0.05, 0) is 12.8 Å². The lowest BCUT2D eigenvalue weighted by Gasteiger charge is -2.11. The quantitative estimate of drug-likeness (QED) is 0.871. The smallest absolute Gasteiger partial charge is 0.309 e. The van der Waals surface area contributed by atoms with Gasteiger partial charge in [0, 0.05) is 18.9 Å². The fraction of sp³-hybridized carbons (Fsp3) is 0.700. The summed E-state index contributed by atoms with van der Waals surface area (Å²) in [7, 11) is -2.99. The van der Waals surface area contributed by atoms with Crippen LogP contribution in [-0.4, -0.2) is 35.5 Å². The molecular formula is C10H15F2N3O2S. The summed E-state index contributed by atoms with van der Waals surface area (Å²) in [4.78, 5) is 3.81. The number of halogens is 2. The molecule has 1 atom stereocenters. The number of hydrogen-bond acceptors (Lipinski definition) is 4. The van der Waals surface area contributed by atoms with Crippen molar-refractivity contribution < 1.29 is 17.2 Å². The summed E-state index contributed by atoms with van der Waals surface area (Å²) in [6.07, 6.45) is 3.82. The molecule has 0 aliphatic carbocycles. The SMILES string of the molecule is O=S1(=O)CCCC1CNCc1nccn1C(F)F. The number of aromatic nitrogens is 2. The van der Waals surface area contributed by atoms with Gasteiger partial charge in [0.05, 0.1) is 17.5 Å². The van der Waals surface area contributed by atoms with Crippen molar-refractivity contribution in [3.05, 3.63) is 18.2 Å². The molecule has 102 valence electrons. The second-order valence-corrected chi connectivity index (χ2v) is 6.69. The maximum Gasteiger partial charge on any atom is 0.319 e. The van der Waals surface area contributed by atoms with Crippen LogP contribution in [0.15, 0.2) is 12.4 Å². The molecule has 18 heavy (non-hydrogen) atoms. The number of nitrogens with zero attached hydrogens (tertiary/aromatic N) is 2. The minimum Gasteiger partial charge on any atom is -0.309 e. The highest BCUT2D eigenvalue weighted by molar-refractivity contribution is 7.92. The van der Waals surface area contributed by atoms with Gasteiger partial charge in [0.15, 0.2) is 9.84 Å². The van der Waals surface area contributed by atoms with Crippen LogP contribution in [0.5, 0.6) is 0 Å². The Morgan fingerprint density at radius 2 is 2.33 bits per heavy atom. The molecule has 1 saturated heterocycles. The standard InChI is InChI=1S/C10H15F2N3O2S/c11-10(12)15-4-3-14-9(15)7-13-6-8-2-1-5-18(8,16)17/h3-4,8,10,13H,1-2,5-7H2. The Morgan fingerprint density at radius 1 is 1.56 bits per heavy atom. The van der Waals surface area contributed by atoms with E-state index in [1.165, 1.54) is 12.4 Å². The van der Waals surface area contributed by atoms with E-state index < -0.39 is 21.6 Å². The summed E-state index contributed by atoms with van der Waals surface area (Å²) >= 11 is 0. The molecule has 0 spiro atoms. The fourth-order valence-corrected chi connectivity index (χ4v) is 3.89. The topological polar surface area (TPSA) is 64.0 Å². The molecule has 0 bridgehead atoms. The number of alkyl halides is 2. The largest absolute Gasteiger partial charge is 0.319 e. The zero-order valence-corrected chi connectivity index (χ0v) is 10.5. The van der Waals surface area contributed by atoms with E-state index in [-0.39, 0.29) is 18.1 Å². The van der Waals surface area contributed by atoms with Crippen molar-refractivity contribution in [2.75, 3.05) is 12.3 Å². The molecule has 2 rings (SSSR count). The van der Waals surface area contributed by atoms with Crippen molar-refractivity contribution in [3.63, 3.8) is 0 Å². The van der Waals surface area contributed by atoms with Crippen LogP contribution in [-0.2, 0) is 16.4 Å². The molecule has 5 nitrogen and oxygen atoms in total. The van der Waals surface area contributed by atoms with Gasteiger partial charge in [-0.2, -0.15) is 8.78 Å². The van der Waals surface area contributed by atoms with Crippen LogP contribution in [0.25, 0.3) is 0 Å². The Bertz CT molecular complexity index is 501. The Kier molecular flexibility index (Phi) is 3.96. The Morgan fingerprint density at radius 3 is 2.94 bits per heavy atom. The van der Waals surface area contributed by atoms with Crippen molar-refractivity contribution in [1.82, 2.24) is 14.9 Å². The van der Waals surface area contributed by atoms with Gasteiger partial charge in [-0.1, -0.05) is 0 Å². The first kappa shape index (κ1) is 13.4. The molecule has 1 unspecified atom stereocenters. The van der Waals surface area contributed by atoms with E-state index in [0.717, 1.165) is 4.57 Å². The molecule has 0 aromatic carbocycles. The van der Waals surface area contributed by atoms with Crippen LogP contribution in [0, 0.1) is 0 Å². The third-order valence-corrected chi connectivity index (χ3v) is 5.35. The van der Waals surface area contributed by atoms with Crippen LogP contribution in [0.4, 0.5) is 8.78 Å². The lowest BCUT2D eigenvalue weighted by molar-refractivity contribution is 0.0666. The van der Waals surface area contributed by atoms with Crippen LogP contribution in [0.2, 0.25) is 0 Å². The van der Waals surface area contributed by atoms with E-state index in [0.29, 0.717) is 19.4 Å². The van der Waals surface area contributed by atoms with Gasteiger partial charge in [0.1, 0.15) is 5.82 Å². The number of sulfone groups is 1. The van der Waals surface area contributed by atoms with Crippen molar-refractivity contribution in [2.45, 2.75) is 31.2 Å². The summed E-state index contributed by atoms with van der Waals surface area (Å²) in [5.41, 5.74) is 0. The highest BCUT2D eigenvalue weighted by atomic mass is 32.2. The lowest BCUT2D eigenvalue weighted by atomic mass is 10.2. The van der Waals surface area contributed by atoms with Crippen molar-refractivity contribution in [2.24, 2.45) is 0 Å². The zero-order chi connectivity index (χ0) is 13.2. The number of nitrogens with one attached hydrogen (secondary N) is 1. The molecule has 1 fully saturated rings. The van der Waals surface area contributed by atoms with Crippen LogP contribution < -0.4 is 5.32 Å². The van der Waals surface area contributed by atoms with Crippen LogP contribution in [0.3, 0.4) is 0 Å². The Balaban J connectivity index is 1.87. The number of rotatable bonds is 5. The van der Waals surface area contributed by atoms with Crippen molar-refractivity contribution >= 4 is 9.84 Å². The molecule has 2 heterocycles. The van der Waals surface area contributed by atoms with Crippen molar-refractivity contribution in [3.8, 4) is 0 Å². The monoisotopic (exact) mass is 279 g/mol. The molecule has 1 aliphatic heterocycles. The fourth-order valence-electron chi connectivity index (χ4n) is 2.09. The van der Waals surface area contributed by atoms with Crippen molar-refractivity contribution in [1.29, 1.82) is 0 Å². The molecule has 0 saturated carbocycles. The summed E-state index contributed by atoms with van der Waals surface area (Å²) < 4.78 is 48.9. The highest BCUT2D eigenvalue weighted by Crippen LogP contribution is 2.19. The zero-order valence-electron chi connectivity index (χ0n) is 9.72. The van der Waals surface area contributed by atoms with Gasteiger partial charge in [-0.15, -0.1) is 0 Å². The molecule has 1 aliphatic rings. The average molecular weight is 279 g/mol. The third kappa shape index (κ3) is 2.86. The predicted molar refractivity (Wildman–Crippen MR) is 62.0 cm³/mol. The van der Waals surface area contributed by atoms with Gasteiger partial charge < -0.3 is 5.32 Å². The first-order chi connectivity index (χ1) is 8.50. The van der Waals surface area contributed by atoms with Crippen LogP contribution in [0.1, 0.15) is 25.2 Å². The molecule has 0 radical (unpaired) electrons. The van der Waals surface area contributed by atoms with Gasteiger partial charge >= 0.3 is 6.55 Å². The summed E-state index contributed by atoms with van der Waals surface area (Å²) in [6, 6.07) is 0. The number of hydrogen-bond donors (Lipinski definition) is 1. The maximum absolute atomic E-state index is 12.5. The first-order valence-corrected chi connectivity index (χ1v) is 7.44. The van der Waals surface area contributed by atoms with Gasteiger partial charge in [0.2, 0.25) is 0 Å². The highest BCUT2D eigenvalue weighted by Gasteiger charge is 2.30. The minimum absolute atomic E-state index is 0.142. The Hall–Kier alpha value is -1.02. The van der Waals surface area contributed by atoms with E-state index in [2.05, 4.69) is 10.3 Å². The predicted octanol–water partition coefficient (Wildman–Crippen LogP) is 0.945. The molecule has 1 N–H and O–H groups in total.